The molecule has 0 radical (unpaired) electrons. The average Bonchev–Trinajstić information content (AvgIpc) is 2.52. The van der Waals surface area contributed by atoms with E-state index in [0.717, 1.165) is 5.56 Å². The lowest BCUT2D eigenvalue weighted by Crippen LogP contribution is -2.02. The first-order chi connectivity index (χ1) is 10.2. The number of rotatable bonds is 6. The molecule has 0 amide bonds. The smallest absolute Gasteiger partial charge is 0.203 e. The maximum Gasteiger partial charge on any atom is 0.203 e. The van der Waals surface area contributed by atoms with E-state index in [9.17, 15) is 4.79 Å². The Morgan fingerprint density at radius 3 is 2.05 bits per heavy atom. The second-order valence-corrected chi connectivity index (χ2v) is 4.54. The first-order valence-corrected chi connectivity index (χ1v) is 6.59. The molecular weight excluding hydrogens is 268 g/mol. The molecule has 0 heterocycles. The van der Waals surface area contributed by atoms with Crippen LogP contribution in [0.25, 0.3) is 0 Å². The van der Waals surface area contributed by atoms with Crippen LogP contribution in [-0.2, 0) is 6.61 Å². The summed E-state index contributed by atoms with van der Waals surface area (Å²) in [5, 5.41) is 0. The van der Waals surface area contributed by atoms with Crippen LogP contribution in [0.3, 0.4) is 0 Å². The van der Waals surface area contributed by atoms with Crippen molar-refractivity contribution in [3.05, 3.63) is 53.6 Å². The van der Waals surface area contributed by atoms with Crippen molar-refractivity contribution in [3.8, 4) is 17.2 Å². The van der Waals surface area contributed by atoms with E-state index >= 15 is 0 Å². The lowest BCUT2D eigenvalue weighted by atomic mass is 10.1. The zero-order valence-corrected chi connectivity index (χ0v) is 12.4. The van der Waals surface area contributed by atoms with Gasteiger partial charge in [-0.05, 0) is 24.6 Å². The highest BCUT2D eigenvalue weighted by molar-refractivity contribution is 5.95. The van der Waals surface area contributed by atoms with Gasteiger partial charge in [-0.3, -0.25) is 4.79 Å². The Balaban J connectivity index is 2.31. The van der Waals surface area contributed by atoms with Gasteiger partial charge in [0.2, 0.25) is 5.75 Å². The van der Waals surface area contributed by atoms with Crippen LogP contribution in [0.5, 0.6) is 17.2 Å². The minimum Gasteiger partial charge on any atom is -0.493 e. The molecule has 0 unspecified atom stereocenters. The first kappa shape index (κ1) is 14.9. The Morgan fingerprint density at radius 2 is 1.57 bits per heavy atom. The molecule has 21 heavy (non-hydrogen) atoms. The largest absolute Gasteiger partial charge is 0.493 e. The Morgan fingerprint density at radius 1 is 1.00 bits per heavy atom. The highest BCUT2D eigenvalue weighted by atomic mass is 16.5. The molecule has 4 heteroatoms. The van der Waals surface area contributed by atoms with Crippen LogP contribution in [0, 0.1) is 0 Å². The molecule has 0 saturated heterocycles. The quantitative estimate of drug-likeness (QED) is 0.763. The van der Waals surface area contributed by atoms with E-state index in [1.54, 1.807) is 12.1 Å². The SMILES string of the molecule is COc1cc(C(C)=O)cc(OC)c1OCc1ccccc1. The summed E-state index contributed by atoms with van der Waals surface area (Å²) in [4.78, 5) is 11.5. The predicted molar refractivity (Wildman–Crippen MR) is 80.3 cm³/mol. The summed E-state index contributed by atoms with van der Waals surface area (Å²) in [6.45, 7) is 1.89. The van der Waals surface area contributed by atoms with Gasteiger partial charge >= 0.3 is 0 Å². The molecule has 0 aromatic heterocycles. The Kier molecular flexibility index (Phi) is 4.82. The van der Waals surface area contributed by atoms with Gasteiger partial charge < -0.3 is 14.2 Å². The summed E-state index contributed by atoms with van der Waals surface area (Å²) in [6, 6.07) is 13.1. The van der Waals surface area contributed by atoms with Crippen molar-refractivity contribution in [1.29, 1.82) is 0 Å². The summed E-state index contributed by atoms with van der Waals surface area (Å²) < 4.78 is 16.4. The van der Waals surface area contributed by atoms with Crippen molar-refractivity contribution in [2.45, 2.75) is 13.5 Å². The predicted octanol–water partition coefficient (Wildman–Crippen LogP) is 3.49. The number of Topliss-reactive ketones (excluding diaryl/α,β-unsaturated/α-hetero) is 1. The molecular formula is C17H18O4. The summed E-state index contributed by atoms with van der Waals surface area (Å²) in [5.74, 6) is 1.40. The van der Waals surface area contributed by atoms with Gasteiger partial charge in [0.1, 0.15) is 6.61 Å². The van der Waals surface area contributed by atoms with Crippen molar-refractivity contribution in [2.75, 3.05) is 14.2 Å². The zero-order valence-electron chi connectivity index (χ0n) is 12.4. The van der Waals surface area contributed by atoms with Crippen molar-refractivity contribution >= 4 is 5.78 Å². The van der Waals surface area contributed by atoms with Crippen LogP contribution >= 0.6 is 0 Å². The van der Waals surface area contributed by atoms with E-state index in [1.165, 1.54) is 21.1 Å². The first-order valence-electron chi connectivity index (χ1n) is 6.59. The number of hydrogen-bond acceptors (Lipinski definition) is 4. The Hall–Kier alpha value is -2.49. The molecule has 0 fully saturated rings. The molecule has 0 aliphatic heterocycles. The van der Waals surface area contributed by atoms with E-state index in [4.69, 9.17) is 14.2 Å². The molecule has 0 saturated carbocycles. The maximum atomic E-state index is 11.5. The Labute approximate surface area is 124 Å². The van der Waals surface area contributed by atoms with Crippen molar-refractivity contribution in [1.82, 2.24) is 0 Å². The van der Waals surface area contributed by atoms with E-state index in [-0.39, 0.29) is 5.78 Å². The van der Waals surface area contributed by atoms with Crippen LogP contribution in [-0.4, -0.2) is 20.0 Å². The van der Waals surface area contributed by atoms with Crippen LogP contribution in [0.1, 0.15) is 22.8 Å². The van der Waals surface area contributed by atoms with E-state index < -0.39 is 0 Å². The summed E-state index contributed by atoms with van der Waals surface area (Å²) in [6.07, 6.45) is 0. The minimum absolute atomic E-state index is 0.0544. The number of benzene rings is 2. The van der Waals surface area contributed by atoms with Crippen molar-refractivity contribution in [2.24, 2.45) is 0 Å². The fourth-order valence-corrected chi connectivity index (χ4v) is 1.96. The molecule has 0 aliphatic carbocycles. The number of carbonyl (C=O) groups excluding carboxylic acids is 1. The van der Waals surface area contributed by atoms with Gasteiger partial charge in [0.25, 0.3) is 0 Å². The number of methoxy groups -OCH3 is 2. The molecule has 2 aromatic rings. The molecule has 2 aromatic carbocycles. The lowest BCUT2D eigenvalue weighted by molar-refractivity contribution is 0.101. The minimum atomic E-state index is -0.0544. The number of carbonyl (C=O) groups is 1. The van der Waals surface area contributed by atoms with E-state index in [0.29, 0.717) is 29.4 Å². The van der Waals surface area contributed by atoms with Gasteiger partial charge in [0.15, 0.2) is 17.3 Å². The third-order valence-corrected chi connectivity index (χ3v) is 3.09. The number of ether oxygens (including phenoxy) is 3. The molecule has 0 atom stereocenters. The third kappa shape index (κ3) is 3.54. The van der Waals surface area contributed by atoms with Gasteiger partial charge in [-0.2, -0.15) is 0 Å². The normalized spacial score (nSPS) is 10.0. The van der Waals surface area contributed by atoms with Crippen molar-refractivity contribution < 1.29 is 19.0 Å². The second-order valence-electron chi connectivity index (χ2n) is 4.54. The van der Waals surface area contributed by atoms with E-state index in [2.05, 4.69) is 0 Å². The molecule has 110 valence electrons. The maximum absolute atomic E-state index is 11.5. The highest BCUT2D eigenvalue weighted by Gasteiger charge is 2.16. The molecule has 4 nitrogen and oxygen atoms in total. The molecule has 0 N–H and O–H groups in total. The van der Waals surface area contributed by atoms with Crippen LogP contribution in [0.4, 0.5) is 0 Å². The van der Waals surface area contributed by atoms with Gasteiger partial charge in [0, 0.05) is 5.56 Å². The van der Waals surface area contributed by atoms with Crippen LogP contribution in [0.15, 0.2) is 42.5 Å². The van der Waals surface area contributed by atoms with E-state index in [1.807, 2.05) is 30.3 Å². The zero-order chi connectivity index (χ0) is 15.2. The summed E-state index contributed by atoms with van der Waals surface area (Å²) in [7, 11) is 3.07. The van der Waals surface area contributed by atoms with Crippen LogP contribution < -0.4 is 14.2 Å². The van der Waals surface area contributed by atoms with Gasteiger partial charge in [-0.25, -0.2) is 0 Å². The van der Waals surface area contributed by atoms with Gasteiger partial charge in [-0.15, -0.1) is 0 Å². The lowest BCUT2D eigenvalue weighted by Gasteiger charge is -2.15. The fourth-order valence-electron chi connectivity index (χ4n) is 1.96. The molecule has 0 bridgehead atoms. The highest BCUT2D eigenvalue weighted by Crippen LogP contribution is 2.39. The monoisotopic (exact) mass is 286 g/mol. The topological polar surface area (TPSA) is 44.8 Å². The van der Waals surface area contributed by atoms with Gasteiger partial charge in [-0.1, -0.05) is 30.3 Å². The summed E-state index contributed by atoms with van der Waals surface area (Å²) in [5.41, 5.74) is 1.56. The fraction of sp³-hybridized carbons (Fsp3) is 0.235. The summed E-state index contributed by atoms with van der Waals surface area (Å²) >= 11 is 0. The van der Waals surface area contributed by atoms with Crippen LogP contribution in [0.2, 0.25) is 0 Å². The number of ketones is 1. The average molecular weight is 286 g/mol. The Bertz CT molecular complexity index is 595. The third-order valence-electron chi connectivity index (χ3n) is 3.09. The van der Waals surface area contributed by atoms with Gasteiger partial charge in [0.05, 0.1) is 14.2 Å². The molecule has 0 aliphatic rings. The second kappa shape index (κ2) is 6.79. The standard InChI is InChI=1S/C17H18O4/c1-12(18)14-9-15(19-2)17(16(10-14)20-3)21-11-13-7-5-4-6-8-13/h4-10H,11H2,1-3H3. The van der Waals surface area contributed by atoms with Crippen molar-refractivity contribution in [3.63, 3.8) is 0 Å². The molecule has 2 rings (SSSR count). The number of hydrogen-bond donors (Lipinski definition) is 0. The molecule has 0 spiro atoms.